The summed E-state index contributed by atoms with van der Waals surface area (Å²) in [5, 5.41) is 0. The molecule has 0 atom stereocenters. The van der Waals surface area contributed by atoms with Gasteiger partial charge in [0, 0.05) is 19.5 Å². The lowest BCUT2D eigenvalue weighted by Gasteiger charge is -2.05. The summed E-state index contributed by atoms with van der Waals surface area (Å²) in [6, 6.07) is 8.48. The number of hydrogen-bond acceptors (Lipinski definition) is 4. The van der Waals surface area contributed by atoms with E-state index in [1.54, 1.807) is 49.7 Å². The van der Waals surface area contributed by atoms with Gasteiger partial charge in [-0.1, -0.05) is 17.7 Å². The summed E-state index contributed by atoms with van der Waals surface area (Å²) in [5.41, 5.74) is 1.76. The highest BCUT2D eigenvalue weighted by Gasteiger charge is 2.15. The van der Waals surface area contributed by atoms with Crippen LogP contribution in [0.25, 0.3) is 6.08 Å². The second kappa shape index (κ2) is 7.29. The van der Waals surface area contributed by atoms with Gasteiger partial charge in [0.05, 0.1) is 17.8 Å². The van der Waals surface area contributed by atoms with Crippen molar-refractivity contribution >= 4 is 16.1 Å². The van der Waals surface area contributed by atoms with Gasteiger partial charge in [-0.3, -0.25) is 0 Å². The van der Waals surface area contributed by atoms with Crippen LogP contribution in [0.1, 0.15) is 11.1 Å². The number of methoxy groups -OCH3 is 1. The van der Waals surface area contributed by atoms with Gasteiger partial charge in [-0.2, -0.15) is 0 Å². The maximum atomic E-state index is 12.5. The molecule has 0 radical (unpaired) electrons. The molecule has 0 amide bonds. The molecule has 0 saturated carbocycles. The second-order valence-corrected chi connectivity index (χ2v) is 6.60. The fourth-order valence-electron chi connectivity index (χ4n) is 1.80. The first-order valence-electron chi connectivity index (χ1n) is 6.81. The van der Waals surface area contributed by atoms with Crippen LogP contribution in [-0.2, 0) is 19.5 Å². The zero-order valence-corrected chi connectivity index (χ0v) is 13.4. The van der Waals surface area contributed by atoms with Crippen LogP contribution in [-0.4, -0.2) is 32.7 Å². The number of aromatic nitrogens is 1. The van der Waals surface area contributed by atoms with E-state index < -0.39 is 10.0 Å². The van der Waals surface area contributed by atoms with Crippen molar-refractivity contribution in [1.82, 2.24) is 3.97 Å². The zero-order chi connectivity index (χ0) is 16.0. The van der Waals surface area contributed by atoms with Crippen molar-refractivity contribution in [2.24, 2.45) is 0 Å². The lowest BCUT2D eigenvalue weighted by atomic mass is 10.2. The topological polar surface area (TPSA) is 57.5 Å². The summed E-state index contributed by atoms with van der Waals surface area (Å²) in [4.78, 5) is 0.264. The largest absolute Gasteiger partial charge is 0.499 e. The summed E-state index contributed by atoms with van der Waals surface area (Å²) < 4.78 is 36.2. The third-order valence-corrected chi connectivity index (χ3v) is 4.70. The molecule has 0 bridgehead atoms. The van der Waals surface area contributed by atoms with E-state index >= 15 is 0 Å². The van der Waals surface area contributed by atoms with E-state index in [0.29, 0.717) is 13.2 Å². The molecule has 2 rings (SSSR count). The van der Waals surface area contributed by atoms with Crippen molar-refractivity contribution in [3.05, 3.63) is 60.1 Å². The van der Waals surface area contributed by atoms with E-state index in [0.717, 1.165) is 11.1 Å². The van der Waals surface area contributed by atoms with Gasteiger partial charge in [-0.25, -0.2) is 12.4 Å². The minimum absolute atomic E-state index is 0.264. The normalized spacial score (nSPS) is 11.9. The third kappa shape index (κ3) is 3.99. The number of nitrogens with zero attached hydrogens (tertiary/aromatic N) is 1. The summed E-state index contributed by atoms with van der Waals surface area (Å²) in [6.45, 7) is 2.88. The monoisotopic (exact) mass is 321 g/mol. The number of rotatable bonds is 7. The minimum atomic E-state index is -3.55. The molecule has 1 aromatic carbocycles. The van der Waals surface area contributed by atoms with E-state index in [4.69, 9.17) is 9.47 Å². The van der Waals surface area contributed by atoms with Gasteiger partial charge in [0.2, 0.25) is 0 Å². The summed E-state index contributed by atoms with van der Waals surface area (Å²) in [6.07, 6.45) is 6.30. The molecule has 0 aliphatic heterocycles. The fraction of sp³-hybridized carbons (Fsp3) is 0.250. The molecule has 0 saturated heterocycles. The van der Waals surface area contributed by atoms with Gasteiger partial charge >= 0.3 is 0 Å². The highest BCUT2D eigenvalue weighted by Crippen LogP contribution is 2.16. The van der Waals surface area contributed by atoms with Crippen LogP contribution in [0.4, 0.5) is 0 Å². The van der Waals surface area contributed by atoms with Crippen molar-refractivity contribution in [2.45, 2.75) is 11.8 Å². The summed E-state index contributed by atoms with van der Waals surface area (Å²) in [5.74, 6) is 0. The first-order valence-corrected chi connectivity index (χ1v) is 8.25. The third-order valence-electron chi connectivity index (χ3n) is 3.05. The van der Waals surface area contributed by atoms with E-state index in [1.165, 1.54) is 16.4 Å². The quantitative estimate of drug-likeness (QED) is 0.581. The Bertz CT molecular complexity index is 730. The predicted molar refractivity (Wildman–Crippen MR) is 85.1 cm³/mol. The van der Waals surface area contributed by atoms with Crippen LogP contribution in [0.2, 0.25) is 0 Å². The molecule has 0 unspecified atom stereocenters. The molecule has 6 heteroatoms. The lowest BCUT2D eigenvalue weighted by molar-refractivity contribution is 0.124. The molecule has 2 aromatic rings. The van der Waals surface area contributed by atoms with Crippen LogP contribution >= 0.6 is 0 Å². The molecular formula is C16H19NO4S. The van der Waals surface area contributed by atoms with E-state index in [-0.39, 0.29) is 4.90 Å². The Labute approximate surface area is 130 Å². The molecule has 5 nitrogen and oxygen atoms in total. The molecule has 1 heterocycles. The Morgan fingerprint density at radius 1 is 1.14 bits per heavy atom. The Kier molecular flexibility index (Phi) is 5.41. The molecule has 0 aliphatic carbocycles. The highest BCUT2D eigenvalue weighted by molar-refractivity contribution is 7.90. The molecule has 1 aromatic heterocycles. The van der Waals surface area contributed by atoms with Gasteiger partial charge < -0.3 is 9.47 Å². The molecule has 0 fully saturated rings. The van der Waals surface area contributed by atoms with Gasteiger partial charge in [0.25, 0.3) is 10.0 Å². The summed E-state index contributed by atoms with van der Waals surface area (Å²) >= 11 is 0. The van der Waals surface area contributed by atoms with Crippen LogP contribution in [0, 0.1) is 6.92 Å². The fourth-order valence-corrected chi connectivity index (χ4v) is 3.00. The Morgan fingerprint density at radius 2 is 1.86 bits per heavy atom. The SMILES string of the molecule is COCCO/C=C/c1ccn(S(=O)(=O)c2ccc(C)cc2)c1. The van der Waals surface area contributed by atoms with Crippen LogP contribution in [0.5, 0.6) is 0 Å². The van der Waals surface area contributed by atoms with Crippen molar-refractivity contribution in [1.29, 1.82) is 0 Å². The molecular weight excluding hydrogens is 302 g/mol. The summed E-state index contributed by atoms with van der Waals surface area (Å²) in [7, 11) is -1.95. The van der Waals surface area contributed by atoms with Gasteiger partial charge in [-0.15, -0.1) is 0 Å². The van der Waals surface area contributed by atoms with E-state index in [2.05, 4.69) is 0 Å². The van der Waals surface area contributed by atoms with Gasteiger partial charge in [0.15, 0.2) is 0 Å². The standard InChI is InChI=1S/C16H19NO4S/c1-14-3-5-16(6-4-14)22(18,19)17-9-7-15(13-17)8-10-21-12-11-20-2/h3-10,13H,11-12H2,1-2H3/b10-8+. The minimum Gasteiger partial charge on any atom is -0.499 e. The number of hydrogen-bond donors (Lipinski definition) is 0. The maximum absolute atomic E-state index is 12.5. The molecule has 0 spiro atoms. The van der Waals surface area contributed by atoms with E-state index in [1.807, 2.05) is 6.92 Å². The number of benzene rings is 1. The Hall–Kier alpha value is -2.05. The van der Waals surface area contributed by atoms with Gasteiger partial charge in [0.1, 0.15) is 6.61 Å². The first kappa shape index (κ1) is 16.3. The highest BCUT2D eigenvalue weighted by atomic mass is 32.2. The molecule has 22 heavy (non-hydrogen) atoms. The second-order valence-electron chi connectivity index (χ2n) is 4.76. The van der Waals surface area contributed by atoms with Crippen molar-refractivity contribution in [3.8, 4) is 0 Å². The average molecular weight is 321 g/mol. The van der Waals surface area contributed by atoms with Crippen LogP contribution in [0.15, 0.2) is 53.9 Å². The van der Waals surface area contributed by atoms with Crippen molar-refractivity contribution < 1.29 is 17.9 Å². The number of ether oxygens (including phenoxy) is 2. The van der Waals surface area contributed by atoms with Crippen molar-refractivity contribution in [3.63, 3.8) is 0 Å². The predicted octanol–water partition coefficient (Wildman–Crippen LogP) is 2.67. The zero-order valence-electron chi connectivity index (χ0n) is 12.6. The molecule has 0 N–H and O–H groups in total. The Balaban J connectivity index is 2.11. The average Bonchev–Trinajstić information content (AvgIpc) is 2.97. The first-order chi connectivity index (χ1) is 10.5. The van der Waals surface area contributed by atoms with Gasteiger partial charge in [-0.05, 0) is 36.8 Å². The smallest absolute Gasteiger partial charge is 0.267 e. The maximum Gasteiger partial charge on any atom is 0.267 e. The number of aryl methyl sites for hydroxylation is 1. The van der Waals surface area contributed by atoms with Crippen molar-refractivity contribution in [2.75, 3.05) is 20.3 Å². The Morgan fingerprint density at radius 3 is 2.55 bits per heavy atom. The molecule has 118 valence electrons. The van der Waals surface area contributed by atoms with Crippen LogP contribution in [0.3, 0.4) is 0 Å². The molecule has 0 aliphatic rings. The van der Waals surface area contributed by atoms with E-state index in [9.17, 15) is 8.42 Å². The lowest BCUT2D eigenvalue weighted by Crippen LogP contribution is -2.10. The van der Waals surface area contributed by atoms with Crippen LogP contribution < -0.4 is 0 Å².